The molecule has 74 valence electrons. The molecule has 0 aliphatic rings. The highest BCUT2D eigenvalue weighted by molar-refractivity contribution is 9.10. The van der Waals surface area contributed by atoms with Crippen LogP contribution in [0.5, 0.6) is 0 Å². The fourth-order valence-electron chi connectivity index (χ4n) is 1.07. The predicted octanol–water partition coefficient (Wildman–Crippen LogP) is 3.54. The minimum atomic E-state index is 0.671. The molecule has 1 heterocycles. The number of halogens is 1. The van der Waals surface area contributed by atoms with E-state index in [-0.39, 0.29) is 0 Å². The van der Waals surface area contributed by atoms with Gasteiger partial charge in [-0.1, -0.05) is 28.1 Å². The third-order valence-electron chi connectivity index (χ3n) is 1.72. The molecule has 3 nitrogen and oxygen atoms in total. The molecule has 6 heteroatoms. The fourth-order valence-corrected chi connectivity index (χ4v) is 2.47. The van der Waals surface area contributed by atoms with Gasteiger partial charge < -0.3 is 0 Å². The Morgan fingerprint density at radius 2 is 2.00 bits per heavy atom. The molecule has 2 aromatic rings. The van der Waals surface area contributed by atoms with Crippen molar-refractivity contribution in [1.29, 1.82) is 5.26 Å². The van der Waals surface area contributed by atoms with Gasteiger partial charge in [0.25, 0.3) is 0 Å². The van der Waals surface area contributed by atoms with Gasteiger partial charge in [-0.3, -0.25) is 0 Å². The number of aromatic nitrogens is 2. The third-order valence-corrected chi connectivity index (χ3v) is 3.46. The van der Waals surface area contributed by atoms with Crippen molar-refractivity contribution in [3.05, 3.63) is 28.7 Å². The third kappa shape index (κ3) is 2.37. The Bertz CT molecular complexity index is 501. The van der Waals surface area contributed by atoms with Gasteiger partial charge in [0, 0.05) is 21.8 Å². The molecule has 0 amide bonds. The Labute approximate surface area is 104 Å². The highest BCUT2D eigenvalue weighted by Gasteiger charge is 2.10. The van der Waals surface area contributed by atoms with Gasteiger partial charge in [0.1, 0.15) is 11.1 Å². The SMILES string of the molecule is N#CSc1nsnc1-c1ccc(Br)cc1. The maximum atomic E-state index is 8.60. The van der Waals surface area contributed by atoms with Gasteiger partial charge in [-0.25, -0.2) is 0 Å². The van der Waals surface area contributed by atoms with Crippen molar-refractivity contribution in [3.63, 3.8) is 0 Å². The number of hydrogen-bond acceptors (Lipinski definition) is 5. The van der Waals surface area contributed by atoms with Crippen molar-refractivity contribution in [2.45, 2.75) is 5.03 Å². The number of nitriles is 1. The Morgan fingerprint density at radius 1 is 1.27 bits per heavy atom. The van der Waals surface area contributed by atoms with E-state index in [4.69, 9.17) is 5.26 Å². The van der Waals surface area contributed by atoms with E-state index < -0.39 is 0 Å². The monoisotopic (exact) mass is 297 g/mol. The first-order valence-corrected chi connectivity index (χ1v) is 6.29. The van der Waals surface area contributed by atoms with Crippen molar-refractivity contribution in [2.24, 2.45) is 0 Å². The molecule has 0 fully saturated rings. The second kappa shape index (κ2) is 4.75. The minimum Gasteiger partial charge on any atom is -0.185 e. The van der Waals surface area contributed by atoms with Crippen molar-refractivity contribution < 1.29 is 0 Å². The Kier molecular flexibility index (Phi) is 3.36. The van der Waals surface area contributed by atoms with Crippen LogP contribution in [-0.2, 0) is 0 Å². The molecule has 0 aliphatic carbocycles. The van der Waals surface area contributed by atoms with E-state index in [1.165, 1.54) is 0 Å². The Balaban J connectivity index is 2.41. The molecule has 0 atom stereocenters. The molecular formula is C9H4BrN3S2. The first-order valence-electron chi connectivity index (χ1n) is 3.95. The van der Waals surface area contributed by atoms with Crippen LogP contribution in [0.1, 0.15) is 0 Å². The summed E-state index contributed by atoms with van der Waals surface area (Å²) in [6.45, 7) is 0. The molecule has 1 aromatic heterocycles. The van der Waals surface area contributed by atoms with E-state index in [1.807, 2.05) is 29.7 Å². The van der Waals surface area contributed by atoms with E-state index in [2.05, 4.69) is 24.7 Å². The molecular weight excluding hydrogens is 294 g/mol. The van der Waals surface area contributed by atoms with E-state index >= 15 is 0 Å². The lowest BCUT2D eigenvalue weighted by Crippen LogP contribution is -1.79. The van der Waals surface area contributed by atoms with Gasteiger partial charge in [-0.15, -0.1) is 0 Å². The Hall–Kier alpha value is -0.900. The molecule has 0 radical (unpaired) electrons. The van der Waals surface area contributed by atoms with E-state index in [0.717, 1.165) is 39.2 Å². The maximum absolute atomic E-state index is 8.60. The summed E-state index contributed by atoms with van der Waals surface area (Å²) in [6, 6.07) is 7.77. The van der Waals surface area contributed by atoms with Crippen LogP contribution < -0.4 is 0 Å². The highest BCUT2D eigenvalue weighted by Crippen LogP contribution is 2.29. The molecule has 0 N–H and O–H groups in total. The lowest BCUT2D eigenvalue weighted by molar-refractivity contribution is 1.27. The summed E-state index contributed by atoms with van der Waals surface area (Å²) in [5.41, 5.74) is 1.75. The minimum absolute atomic E-state index is 0.671. The van der Waals surface area contributed by atoms with Crippen molar-refractivity contribution in [2.75, 3.05) is 0 Å². The quantitative estimate of drug-likeness (QED) is 0.628. The molecule has 1 aromatic carbocycles. The van der Waals surface area contributed by atoms with Crippen molar-refractivity contribution >= 4 is 39.4 Å². The number of benzene rings is 1. The van der Waals surface area contributed by atoms with Gasteiger partial charge in [-0.2, -0.15) is 14.0 Å². The molecule has 0 unspecified atom stereocenters. The van der Waals surface area contributed by atoms with Crippen LogP contribution in [0.3, 0.4) is 0 Å². The maximum Gasteiger partial charge on any atom is 0.152 e. The predicted molar refractivity (Wildman–Crippen MR) is 64.5 cm³/mol. The second-order valence-corrected chi connectivity index (χ2v) is 4.84. The number of thiocyanates is 1. The number of thioether (sulfide) groups is 1. The van der Waals surface area contributed by atoms with Gasteiger partial charge >= 0.3 is 0 Å². The largest absolute Gasteiger partial charge is 0.185 e. The Morgan fingerprint density at radius 3 is 2.67 bits per heavy atom. The first-order chi connectivity index (χ1) is 7.31. The van der Waals surface area contributed by atoms with Crippen LogP contribution in [0.2, 0.25) is 0 Å². The zero-order valence-electron chi connectivity index (χ0n) is 7.35. The number of hydrogen-bond donors (Lipinski definition) is 0. The number of rotatable bonds is 2. The average Bonchev–Trinajstić information content (AvgIpc) is 2.68. The van der Waals surface area contributed by atoms with Gasteiger partial charge in [-0.05, 0) is 12.1 Å². The lowest BCUT2D eigenvalue weighted by atomic mass is 10.2. The van der Waals surface area contributed by atoms with Gasteiger partial charge in [0.15, 0.2) is 5.03 Å². The fraction of sp³-hybridized carbons (Fsp3) is 0. The van der Waals surface area contributed by atoms with Crippen LogP contribution in [0, 0.1) is 10.7 Å². The topological polar surface area (TPSA) is 49.6 Å². The normalized spacial score (nSPS) is 9.87. The molecule has 0 bridgehead atoms. The molecule has 2 rings (SSSR count). The number of nitrogens with zero attached hydrogens (tertiary/aromatic N) is 3. The van der Waals surface area contributed by atoms with E-state index in [9.17, 15) is 0 Å². The summed E-state index contributed by atoms with van der Waals surface area (Å²) >= 11 is 5.53. The second-order valence-electron chi connectivity index (χ2n) is 2.62. The van der Waals surface area contributed by atoms with E-state index in [1.54, 1.807) is 0 Å². The molecule has 0 spiro atoms. The molecule has 15 heavy (non-hydrogen) atoms. The first kappa shape index (κ1) is 10.6. The van der Waals surface area contributed by atoms with Gasteiger partial charge in [0.2, 0.25) is 0 Å². The summed E-state index contributed by atoms with van der Waals surface area (Å²) in [7, 11) is 0. The van der Waals surface area contributed by atoms with Crippen molar-refractivity contribution in [3.8, 4) is 16.7 Å². The smallest absolute Gasteiger partial charge is 0.152 e. The summed E-state index contributed by atoms with van der Waals surface area (Å²) in [5.74, 6) is 0. The van der Waals surface area contributed by atoms with Crippen LogP contribution in [0.4, 0.5) is 0 Å². The molecule has 0 saturated heterocycles. The van der Waals surface area contributed by atoms with Crippen LogP contribution in [0.25, 0.3) is 11.3 Å². The summed E-state index contributed by atoms with van der Waals surface area (Å²) in [5, 5.41) is 11.3. The lowest BCUT2D eigenvalue weighted by Gasteiger charge is -1.97. The van der Waals surface area contributed by atoms with Crippen molar-refractivity contribution in [1.82, 2.24) is 8.75 Å². The zero-order valence-corrected chi connectivity index (χ0v) is 10.6. The summed E-state index contributed by atoms with van der Waals surface area (Å²) in [4.78, 5) is 0. The standard InChI is InChI=1S/C9H4BrN3S2/c10-7-3-1-6(2-4-7)8-9(14-5-11)13-15-12-8/h1-4H. The van der Waals surface area contributed by atoms with Crippen LogP contribution in [0.15, 0.2) is 33.8 Å². The molecule has 0 saturated carbocycles. The highest BCUT2D eigenvalue weighted by atomic mass is 79.9. The van der Waals surface area contributed by atoms with Crippen LogP contribution >= 0.6 is 39.4 Å². The van der Waals surface area contributed by atoms with E-state index in [0.29, 0.717) is 5.03 Å². The van der Waals surface area contributed by atoms with Gasteiger partial charge in [0.05, 0.1) is 11.7 Å². The average molecular weight is 298 g/mol. The summed E-state index contributed by atoms with van der Waals surface area (Å²) < 4.78 is 9.26. The zero-order chi connectivity index (χ0) is 10.7. The van der Waals surface area contributed by atoms with Crippen LogP contribution in [-0.4, -0.2) is 8.75 Å². The summed E-state index contributed by atoms with van der Waals surface area (Å²) in [6.07, 6.45) is 0. The molecule has 0 aliphatic heterocycles.